The van der Waals surface area contributed by atoms with Gasteiger partial charge in [-0.25, -0.2) is 0 Å². The van der Waals surface area contributed by atoms with Crippen LogP contribution in [-0.2, 0) is 0 Å². The minimum absolute atomic E-state index is 0.567. The van der Waals surface area contributed by atoms with Crippen molar-refractivity contribution in [2.75, 3.05) is 9.36 Å². The van der Waals surface area contributed by atoms with E-state index in [2.05, 4.69) is 11.9 Å². The fraction of sp³-hybridized carbons (Fsp3) is 1.00. The Balaban J connectivity index is 2.00. The molecule has 0 nitrogen and oxygen atoms in total. The number of alkyl halides is 2. The number of unbranched alkanes of at least 4 members (excludes halogenated alkanes) is 1. The second kappa shape index (κ2) is 7.08. The molecule has 2 unspecified atom stereocenters. The molecule has 0 heterocycles. The maximum absolute atomic E-state index is 2.43. The maximum atomic E-state index is 2.43. The molecule has 0 aliphatic heterocycles. The van der Waals surface area contributed by atoms with Gasteiger partial charge in [0.2, 0.25) is 0 Å². The van der Waals surface area contributed by atoms with E-state index in [1.165, 1.54) is 44.9 Å². The van der Waals surface area contributed by atoms with Gasteiger partial charge < -0.3 is 0 Å². The van der Waals surface area contributed by atoms with Crippen molar-refractivity contribution in [3.8, 4) is 0 Å². The van der Waals surface area contributed by atoms with Crippen molar-refractivity contribution in [3.63, 3.8) is 0 Å². The van der Waals surface area contributed by atoms with Crippen molar-refractivity contribution >= 4 is 0 Å². The van der Waals surface area contributed by atoms with Crippen molar-refractivity contribution in [1.29, 1.82) is 0 Å². The van der Waals surface area contributed by atoms with Gasteiger partial charge in [-0.15, -0.1) is 0 Å². The summed E-state index contributed by atoms with van der Waals surface area (Å²) < 4.78 is 1.56. The van der Waals surface area contributed by atoms with Gasteiger partial charge in [-0.2, -0.15) is 0 Å². The molecule has 1 rings (SSSR count). The molecule has 0 saturated heterocycles. The third-order valence-corrected chi connectivity index (χ3v) is 5.07. The fourth-order valence-electron chi connectivity index (χ4n) is 2.48. The van der Waals surface area contributed by atoms with Gasteiger partial charge in [-0.3, -0.25) is 0 Å². The Bertz CT molecular complexity index is 122. The third kappa shape index (κ3) is 5.24. The molecule has 1 aliphatic carbocycles. The van der Waals surface area contributed by atoms with Crippen LogP contribution in [-0.4, -0.2) is 9.36 Å². The van der Waals surface area contributed by atoms with Crippen LogP contribution in [0.4, 0.5) is 0 Å². The molecule has 0 amide bonds. The number of hydrogen-bond acceptors (Lipinski definition) is 0. The SMILES string of the molecule is C[I-]CCCCC1CCCC(C)C1. The first kappa shape index (κ1) is 11.8. The molecule has 0 aromatic carbocycles. The van der Waals surface area contributed by atoms with E-state index in [1.807, 2.05) is 0 Å². The zero-order chi connectivity index (χ0) is 9.52. The van der Waals surface area contributed by atoms with Crippen LogP contribution in [0.5, 0.6) is 0 Å². The standard InChI is InChI=1S/C12H24I/c1-11-6-5-8-12(10-11)7-3-4-9-13-2/h11-12H,3-10H2,1-2H3/q-1. The molecule has 1 heteroatoms. The van der Waals surface area contributed by atoms with E-state index in [4.69, 9.17) is 0 Å². The zero-order valence-electron chi connectivity index (χ0n) is 9.19. The Labute approximate surface area is 94.1 Å². The second-order valence-corrected chi connectivity index (χ2v) is 7.19. The van der Waals surface area contributed by atoms with Crippen LogP contribution < -0.4 is 21.2 Å². The van der Waals surface area contributed by atoms with Crippen molar-refractivity contribution in [1.82, 2.24) is 0 Å². The molecule has 0 aromatic heterocycles. The van der Waals surface area contributed by atoms with Crippen LogP contribution in [0.15, 0.2) is 0 Å². The van der Waals surface area contributed by atoms with Crippen LogP contribution in [0.2, 0.25) is 0 Å². The van der Waals surface area contributed by atoms with Gasteiger partial charge in [-0.1, -0.05) is 0 Å². The topological polar surface area (TPSA) is 0 Å². The van der Waals surface area contributed by atoms with E-state index in [0.29, 0.717) is 21.2 Å². The third-order valence-electron chi connectivity index (χ3n) is 3.23. The van der Waals surface area contributed by atoms with Gasteiger partial charge in [0.1, 0.15) is 0 Å². The molecule has 80 valence electrons. The molecule has 1 aliphatic rings. The molecule has 1 saturated carbocycles. The van der Waals surface area contributed by atoms with Crippen LogP contribution >= 0.6 is 0 Å². The summed E-state index contributed by atoms with van der Waals surface area (Å²) in [6.07, 6.45) is 10.6. The van der Waals surface area contributed by atoms with Gasteiger partial charge in [-0.05, 0) is 0 Å². The van der Waals surface area contributed by atoms with Crippen LogP contribution in [0, 0.1) is 11.8 Å². The molecule has 2 atom stereocenters. The Morgan fingerprint density at radius 2 is 2.08 bits per heavy atom. The summed E-state index contributed by atoms with van der Waals surface area (Å²) in [6.45, 7) is 2.43. The minimum atomic E-state index is 0.567. The predicted octanol–water partition coefficient (Wildman–Crippen LogP) is 0.702. The van der Waals surface area contributed by atoms with E-state index in [9.17, 15) is 0 Å². The van der Waals surface area contributed by atoms with Gasteiger partial charge in [0.15, 0.2) is 0 Å². The van der Waals surface area contributed by atoms with E-state index < -0.39 is 0 Å². The van der Waals surface area contributed by atoms with E-state index in [-0.39, 0.29) is 0 Å². The summed E-state index contributed by atoms with van der Waals surface area (Å²) in [5, 5.41) is 0. The normalized spacial score (nSPS) is 29.4. The molecule has 0 bridgehead atoms. The fourth-order valence-corrected chi connectivity index (χ4v) is 3.79. The monoisotopic (exact) mass is 295 g/mol. The van der Waals surface area contributed by atoms with Crippen LogP contribution in [0.3, 0.4) is 0 Å². The van der Waals surface area contributed by atoms with E-state index in [1.54, 1.807) is 4.43 Å². The number of hydrogen-bond donors (Lipinski definition) is 0. The summed E-state index contributed by atoms with van der Waals surface area (Å²) in [6, 6.07) is 0. The first-order chi connectivity index (χ1) is 6.33. The molecule has 0 spiro atoms. The molecule has 0 aromatic rings. The van der Waals surface area contributed by atoms with E-state index in [0.717, 1.165) is 11.8 Å². The zero-order valence-corrected chi connectivity index (χ0v) is 11.3. The Kier molecular flexibility index (Phi) is 6.43. The first-order valence-electron chi connectivity index (χ1n) is 5.76. The van der Waals surface area contributed by atoms with Gasteiger partial charge >= 0.3 is 94.3 Å². The Morgan fingerprint density at radius 3 is 2.77 bits per heavy atom. The Hall–Kier alpha value is 0.730. The number of halogens is 1. The van der Waals surface area contributed by atoms with Crippen molar-refractivity contribution in [2.45, 2.75) is 51.9 Å². The molecule has 0 N–H and O–H groups in total. The molecular formula is C12H24I-. The van der Waals surface area contributed by atoms with Gasteiger partial charge in [0.05, 0.1) is 0 Å². The summed E-state index contributed by atoms with van der Waals surface area (Å²) >= 11 is 0.567. The summed E-state index contributed by atoms with van der Waals surface area (Å²) in [7, 11) is 0. The molecular weight excluding hydrogens is 271 g/mol. The first-order valence-corrected chi connectivity index (χ1v) is 9.45. The molecule has 0 radical (unpaired) electrons. The second-order valence-electron chi connectivity index (χ2n) is 4.59. The van der Waals surface area contributed by atoms with Gasteiger partial charge in [0.25, 0.3) is 0 Å². The van der Waals surface area contributed by atoms with Crippen LogP contribution in [0.1, 0.15) is 51.9 Å². The molecule has 1 fully saturated rings. The van der Waals surface area contributed by atoms with Crippen molar-refractivity contribution in [2.24, 2.45) is 11.8 Å². The van der Waals surface area contributed by atoms with Crippen molar-refractivity contribution < 1.29 is 21.2 Å². The molecule has 13 heavy (non-hydrogen) atoms. The average Bonchev–Trinajstić information content (AvgIpc) is 2.13. The average molecular weight is 295 g/mol. The summed E-state index contributed by atoms with van der Waals surface area (Å²) in [5.74, 6) is 2.12. The summed E-state index contributed by atoms with van der Waals surface area (Å²) in [5.41, 5.74) is 0. The predicted molar refractivity (Wildman–Crippen MR) is 55.8 cm³/mol. The quantitative estimate of drug-likeness (QED) is 0.398. The van der Waals surface area contributed by atoms with Gasteiger partial charge in [0, 0.05) is 0 Å². The Morgan fingerprint density at radius 1 is 1.23 bits per heavy atom. The van der Waals surface area contributed by atoms with Crippen molar-refractivity contribution in [3.05, 3.63) is 0 Å². The van der Waals surface area contributed by atoms with Crippen LogP contribution in [0.25, 0.3) is 0 Å². The number of rotatable bonds is 5. The summed E-state index contributed by atoms with van der Waals surface area (Å²) in [4.78, 5) is 2.40. The van der Waals surface area contributed by atoms with E-state index >= 15 is 0 Å².